The summed E-state index contributed by atoms with van der Waals surface area (Å²) in [6, 6.07) is -0.687. The number of piperazine rings is 1. The van der Waals surface area contributed by atoms with Crippen molar-refractivity contribution in [2.45, 2.75) is 58.5 Å². The first-order chi connectivity index (χ1) is 9.56. The Kier molecular flexibility index (Phi) is 6.99. The lowest BCUT2D eigenvalue weighted by Crippen LogP contribution is -2.65. The van der Waals surface area contributed by atoms with Gasteiger partial charge in [-0.05, 0) is 18.8 Å². The number of carbonyl (C=O) groups is 2. The second kappa shape index (κ2) is 8.25. The van der Waals surface area contributed by atoms with E-state index in [1.807, 2.05) is 20.8 Å². The molecular formula is C15H28N2O3. The monoisotopic (exact) mass is 284 g/mol. The number of nitrogens with one attached hydrogen (secondary N) is 1. The predicted molar refractivity (Wildman–Crippen MR) is 78.3 cm³/mol. The highest BCUT2D eigenvalue weighted by molar-refractivity contribution is 5.97. The summed E-state index contributed by atoms with van der Waals surface area (Å²) in [5.41, 5.74) is 0. The van der Waals surface area contributed by atoms with Crippen LogP contribution in [0.3, 0.4) is 0 Å². The highest BCUT2D eigenvalue weighted by Crippen LogP contribution is 2.21. The fourth-order valence-corrected chi connectivity index (χ4v) is 2.70. The van der Waals surface area contributed by atoms with Gasteiger partial charge >= 0.3 is 0 Å². The molecule has 0 saturated carbocycles. The van der Waals surface area contributed by atoms with Crippen molar-refractivity contribution >= 4 is 11.8 Å². The van der Waals surface area contributed by atoms with E-state index in [4.69, 9.17) is 4.74 Å². The number of amides is 2. The number of hydrogen-bond donors (Lipinski definition) is 1. The van der Waals surface area contributed by atoms with E-state index in [1.165, 1.54) is 0 Å². The van der Waals surface area contributed by atoms with Crippen LogP contribution in [0.5, 0.6) is 0 Å². The van der Waals surface area contributed by atoms with E-state index in [0.717, 1.165) is 19.3 Å². The van der Waals surface area contributed by atoms with E-state index in [0.29, 0.717) is 19.6 Å². The minimum absolute atomic E-state index is 0.00480. The highest BCUT2D eigenvalue weighted by Gasteiger charge is 2.41. The van der Waals surface area contributed by atoms with Crippen LogP contribution in [0.15, 0.2) is 0 Å². The Morgan fingerprint density at radius 1 is 1.35 bits per heavy atom. The van der Waals surface area contributed by atoms with Gasteiger partial charge in [-0.1, -0.05) is 33.6 Å². The molecule has 0 aromatic carbocycles. The molecule has 3 atom stereocenters. The summed E-state index contributed by atoms with van der Waals surface area (Å²) in [6.07, 6.45) is 3.24. The van der Waals surface area contributed by atoms with Gasteiger partial charge in [0, 0.05) is 20.3 Å². The van der Waals surface area contributed by atoms with Gasteiger partial charge in [0.05, 0.1) is 0 Å². The summed E-state index contributed by atoms with van der Waals surface area (Å²) in [4.78, 5) is 26.7. The Morgan fingerprint density at radius 2 is 2.05 bits per heavy atom. The Morgan fingerprint density at radius 3 is 2.60 bits per heavy atom. The lowest BCUT2D eigenvalue weighted by Gasteiger charge is -2.41. The molecule has 1 fully saturated rings. The molecule has 3 unspecified atom stereocenters. The maximum atomic E-state index is 12.6. The molecular weight excluding hydrogens is 256 g/mol. The van der Waals surface area contributed by atoms with Gasteiger partial charge in [-0.3, -0.25) is 9.59 Å². The van der Waals surface area contributed by atoms with Crippen LogP contribution >= 0.6 is 0 Å². The van der Waals surface area contributed by atoms with E-state index >= 15 is 0 Å². The zero-order valence-electron chi connectivity index (χ0n) is 13.1. The maximum Gasteiger partial charge on any atom is 0.245 e. The van der Waals surface area contributed by atoms with E-state index in [9.17, 15) is 9.59 Å². The number of rotatable bonds is 8. The summed E-state index contributed by atoms with van der Waals surface area (Å²) in [5.74, 6) is 0.228. The van der Waals surface area contributed by atoms with Gasteiger partial charge < -0.3 is 15.0 Å². The van der Waals surface area contributed by atoms with Crippen molar-refractivity contribution in [1.82, 2.24) is 10.2 Å². The molecule has 0 aromatic heterocycles. The quantitative estimate of drug-likeness (QED) is 0.688. The van der Waals surface area contributed by atoms with Crippen LogP contribution in [-0.2, 0) is 14.3 Å². The molecule has 0 aliphatic carbocycles. The van der Waals surface area contributed by atoms with E-state index in [1.54, 1.807) is 12.0 Å². The van der Waals surface area contributed by atoms with Crippen molar-refractivity contribution in [3.05, 3.63) is 0 Å². The number of nitrogens with zero attached hydrogens (tertiary/aromatic N) is 1. The Balaban J connectivity index is 2.85. The van der Waals surface area contributed by atoms with E-state index in [2.05, 4.69) is 5.32 Å². The van der Waals surface area contributed by atoms with Crippen LogP contribution in [0.25, 0.3) is 0 Å². The third-order valence-corrected chi connectivity index (χ3v) is 4.01. The van der Waals surface area contributed by atoms with Crippen molar-refractivity contribution in [3.8, 4) is 0 Å². The molecule has 1 saturated heterocycles. The van der Waals surface area contributed by atoms with Gasteiger partial charge in [0.1, 0.15) is 12.1 Å². The molecule has 0 bridgehead atoms. The molecule has 1 N–H and O–H groups in total. The van der Waals surface area contributed by atoms with Crippen LogP contribution < -0.4 is 5.32 Å². The number of hydrogen-bond acceptors (Lipinski definition) is 3. The van der Waals surface area contributed by atoms with Gasteiger partial charge in [-0.25, -0.2) is 0 Å². The molecule has 5 nitrogen and oxygen atoms in total. The fourth-order valence-electron chi connectivity index (χ4n) is 2.70. The van der Waals surface area contributed by atoms with Crippen molar-refractivity contribution in [3.63, 3.8) is 0 Å². The molecule has 20 heavy (non-hydrogen) atoms. The smallest absolute Gasteiger partial charge is 0.245 e. The van der Waals surface area contributed by atoms with Crippen molar-refractivity contribution in [1.29, 1.82) is 0 Å². The average molecular weight is 284 g/mol. The second-order valence-electron chi connectivity index (χ2n) is 5.56. The number of ether oxygens (including phenoxy) is 1. The zero-order chi connectivity index (χ0) is 15.1. The summed E-state index contributed by atoms with van der Waals surface area (Å²) in [6.45, 7) is 7.30. The first-order valence-corrected chi connectivity index (χ1v) is 7.66. The first-order valence-electron chi connectivity index (χ1n) is 7.66. The van der Waals surface area contributed by atoms with Crippen LogP contribution in [0.1, 0.15) is 46.5 Å². The van der Waals surface area contributed by atoms with Crippen LogP contribution in [0.2, 0.25) is 0 Å². The second-order valence-corrected chi connectivity index (χ2v) is 5.56. The maximum absolute atomic E-state index is 12.6. The van der Waals surface area contributed by atoms with Gasteiger partial charge in [0.15, 0.2) is 0 Å². The number of methoxy groups -OCH3 is 1. The van der Waals surface area contributed by atoms with Crippen molar-refractivity contribution < 1.29 is 14.3 Å². The average Bonchev–Trinajstić information content (AvgIpc) is 2.43. The minimum atomic E-state index is -0.352. The summed E-state index contributed by atoms with van der Waals surface area (Å²) < 4.78 is 5.05. The topological polar surface area (TPSA) is 58.6 Å². The lowest BCUT2D eigenvalue weighted by atomic mass is 9.92. The van der Waals surface area contributed by atoms with Gasteiger partial charge in [0.2, 0.25) is 11.8 Å². The first kappa shape index (κ1) is 17.0. The van der Waals surface area contributed by atoms with Crippen molar-refractivity contribution in [2.24, 2.45) is 5.92 Å². The van der Waals surface area contributed by atoms with E-state index < -0.39 is 0 Å². The lowest BCUT2D eigenvalue weighted by molar-refractivity contribution is -0.151. The summed E-state index contributed by atoms with van der Waals surface area (Å²) >= 11 is 0. The number of carbonyl (C=O) groups excluding carboxylic acids is 2. The molecule has 1 heterocycles. The van der Waals surface area contributed by atoms with Gasteiger partial charge in [-0.2, -0.15) is 0 Å². The Labute approximate surface area is 122 Å². The largest absolute Gasteiger partial charge is 0.385 e. The fraction of sp³-hybridized carbons (Fsp3) is 0.867. The van der Waals surface area contributed by atoms with E-state index in [-0.39, 0.29) is 29.8 Å². The Hall–Kier alpha value is -1.10. The molecule has 0 radical (unpaired) electrons. The van der Waals surface area contributed by atoms with Crippen LogP contribution in [0, 0.1) is 5.92 Å². The van der Waals surface area contributed by atoms with Crippen LogP contribution in [0.4, 0.5) is 0 Å². The normalized spacial score (nSPS) is 24.7. The molecule has 1 aliphatic rings. The van der Waals surface area contributed by atoms with Gasteiger partial charge in [-0.15, -0.1) is 0 Å². The molecule has 1 rings (SSSR count). The highest BCUT2D eigenvalue weighted by atomic mass is 16.5. The predicted octanol–water partition coefficient (Wildman–Crippen LogP) is 1.56. The molecule has 1 aliphatic heterocycles. The summed E-state index contributed by atoms with van der Waals surface area (Å²) in [7, 11) is 1.65. The molecule has 0 aromatic rings. The SMILES string of the molecule is CCCC1NC(=O)C(C(C)CC)N(CCCOC)C1=O. The minimum Gasteiger partial charge on any atom is -0.385 e. The Bertz CT molecular complexity index is 333. The summed E-state index contributed by atoms with van der Waals surface area (Å²) in [5, 5.41) is 2.89. The molecule has 0 spiro atoms. The third kappa shape index (κ3) is 3.95. The van der Waals surface area contributed by atoms with Gasteiger partial charge in [0.25, 0.3) is 0 Å². The van der Waals surface area contributed by atoms with Crippen molar-refractivity contribution in [2.75, 3.05) is 20.3 Å². The standard InChI is InChI=1S/C15H28N2O3/c1-5-8-12-15(19)17(9-7-10-20-4)13(11(3)6-2)14(18)16-12/h11-13H,5-10H2,1-4H3,(H,16,18). The third-order valence-electron chi connectivity index (χ3n) is 4.01. The molecule has 2 amide bonds. The zero-order valence-corrected chi connectivity index (χ0v) is 13.1. The molecule has 5 heteroatoms. The van der Waals surface area contributed by atoms with Crippen LogP contribution in [-0.4, -0.2) is 49.1 Å². The molecule has 116 valence electrons.